The van der Waals surface area contributed by atoms with Crippen LogP contribution in [0.5, 0.6) is 0 Å². The predicted molar refractivity (Wildman–Crippen MR) is 144 cm³/mol. The molecule has 2 aliphatic rings. The minimum Gasteiger partial charge on any atom is -0.351 e. The Morgan fingerprint density at radius 1 is 1.11 bits per heavy atom. The minimum absolute atomic E-state index is 0.00978. The number of fused-ring (bicyclic) bond motifs is 3. The van der Waals surface area contributed by atoms with Crippen LogP contribution in [-0.2, 0) is 16.0 Å². The van der Waals surface area contributed by atoms with Gasteiger partial charge in [-0.15, -0.1) is 0 Å². The van der Waals surface area contributed by atoms with Crippen LogP contribution in [0.3, 0.4) is 0 Å². The molecular weight excluding hydrogens is 452 g/mol. The first-order chi connectivity index (χ1) is 17.2. The number of anilines is 2. The lowest BCUT2D eigenvalue weighted by molar-refractivity contribution is -0.118. The van der Waals surface area contributed by atoms with E-state index in [-0.39, 0.29) is 18.2 Å². The molecule has 0 unspecified atom stereocenters. The van der Waals surface area contributed by atoms with E-state index in [2.05, 4.69) is 48.2 Å². The number of amides is 2. The predicted octanol–water partition coefficient (Wildman–Crippen LogP) is 3.91. The van der Waals surface area contributed by atoms with Crippen LogP contribution in [0, 0.1) is 0 Å². The Bertz CT molecular complexity index is 1190. The summed E-state index contributed by atoms with van der Waals surface area (Å²) < 4.78 is 0. The number of allylic oxidation sites excluding steroid dienone is 3. The first kappa shape index (κ1) is 25.6. The zero-order chi connectivity index (χ0) is 25.8. The number of likely N-dealkylation sites (N-methyl/N-ethyl adjacent to an activating group) is 1. The second kappa shape index (κ2) is 11.0. The average Bonchev–Trinajstić information content (AvgIpc) is 2.96. The number of rotatable bonds is 8. The number of nitrogens with one attached hydrogen (secondary N) is 2. The normalized spacial score (nSPS) is 15.3. The van der Waals surface area contributed by atoms with Crippen LogP contribution >= 0.6 is 0 Å². The smallest absolute Gasteiger partial charge is 0.247 e. The van der Waals surface area contributed by atoms with Crippen molar-refractivity contribution in [2.45, 2.75) is 59.0 Å². The highest BCUT2D eigenvalue weighted by Crippen LogP contribution is 2.35. The van der Waals surface area contributed by atoms with Crippen molar-refractivity contribution in [3.63, 3.8) is 0 Å². The molecule has 0 spiro atoms. The van der Waals surface area contributed by atoms with Gasteiger partial charge in [-0.1, -0.05) is 24.3 Å². The highest BCUT2D eigenvalue weighted by atomic mass is 16.2. The number of benzene rings is 1. The molecule has 1 aromatic carbocycles. The molecule has 0 bridgehead atoms. The number of nitrogens with zero attached hydrogens (tertiary/aromatic N) is 4. The molecule has 1 aliphatic heterocycles. The standard InChI is InChI=1S/C28H36N6O2/c1-18(2)34(19(3)4)15-14-29-27(36)20-10-12-22(13-11-20)31-28-30-17-21-16-25(35)33(5)24-9-7-6-8-23(24)26(21)32-28/h6-10,12,17-19H,11,13-16H2,1-5H3,(H,29,36)(H,30,31,32). The van der Waals surface area contributed by atoms with Gasteiger partial charge in [0.25, 0.3) is 0 Å². The molecule has 2 heterocycles. The maximum Gasteiger partial charge on any atom is 0.247 e. The lowest BCUT2D eigenvalue weighted by Gasteiger charge is -2.30. The van der Waals surface area contributed by atoms with Gasteiger partial charge in [-0.3, -0.25) is 14.5 Å². The summed E-state index contributed by atoms with van der Waals surface area (Å²) in [6.45, 7) is 10.2. The summed E-state index contributed by atoms with van der Waals surface area (Å²) in [6, 6.07) is 8.67. The molecule has 1 aliphatic carbocycles. The van der Waals surface area contributed by atoms with Crippen LogP contribution in [0.4, 0.5) is 11.6 Å². The summed E-state index contributed by atoms with van der Waals surface area (Å²) in [5.74, 6) is 0.484. The molecule has 8 nitrogen and oxygen atoms in total. The van der Waals surface area contributed by atoms with E-state index < -0.39 is 0 Å². The second-order valence-electron chi connectivity index (χ2n) is 9.90. The van der Waals surface area contributed by atoms with Gasteiger partial charge < -0.3 is 15.5 Å². The molecule has 0 saturated carbocycles. The van der Waals surface area contributed by atoms with Crippen LogP contribution in [-0.4, -0.2) is 58.9 Å². The number of hydrogen-bond donors (Lipinski definition) is 2. The summed E-state index contributed by atoms with van der Waals surface area (Å²) in [5, 5.41) is 6.36. The molecule has 36 heavy (non-hydrogen) atoms. The number of carbonyl (C=O) groups is 2. The Morgan fingerprint density at radius 3 is 2.56 bits per heavy atom. The monoisotopic (exact) mass is 488 g/mol. The van der Waals surface area contributed by atoms with Crippen LogP contribution in [0.15, 0.2) is 53.9 Å². The Kier molecular flexibility index (Phi) is 7.84. The molecular formula is C28H36N6O2. The molecule has 2 amide bonds. The van der Waals surface area contributed by atoms with Gasteiger partial charge in [0.2, 0.25) is 17.8 Å². The minimum atomic E-state index is -0.00978. The van der Waals surface area contributed by atoms with Crippen molar-refractivity contribution >= 4 is 23.5 Å². The average molecular weight is 489 g/mol. The largest absolute Gasteiger partial charge is 0.351 e. The zero-order valence-corrected chi connectivity index (χ0v) is 21.8. The van der Waals surface area contributed by atoms with E-state index in [1.54, 1.807) is 18.1 Å². The first-order valence-electron chi connectivity index (χ1n) is 12.7. The Labute approximate surface area is 213 Å². The van der Waals surface area contributed by atoms with E-state index in [0.717, 1.165) is 40.3 Å². The van der Waals surface area contributed by atoms with Gasteiger partial charge in [0.05, 0.1) is 17.8 Å². The molecule has 4 rings (SSSR count). The van der Waals surface area contributed by atoms with Crippen molar-refractivity contribution in [1.29, 1.82) is 0 Å². The quantitative estimate of drug-likeness (QED) is 0.586. The third kappa shape index (κ3) is 5.65. The van der Waals surface area contributed by atoms with Gasteiger partial charge >= 0.3 is 0 Å². The van der Waals surface area contributed by atoms with Crippen LogP contribution in [0.25, 0.3) is 11.3 Å². The lowest BCUT2D eigenvalue weighted by atomic mass is 10.0. The van der Waals surface area contributed by atoms with E-state index in [9.17, 15) is 9.59 Å². The van der Waals surface area contributed by atoms with E-state index in [1.165, 1.54) is 0 Å². The Hall–Kier alpha value is -3.52. The topological polar surface area (TPSA) is 90.5 Å². The number of carbonyl (C=O) groups excluding carboxylic acids is 2. The molecule has 1 aromatic heterocycles. The van der Waals surface area contributed by atoms with E-state index in [1.807, 2.05) is 36.4 Å². The molecule has 0 radical (unpaired) electrons. The number of para-hydroxylation sites is 1. The summed E-state index contributed by atoms with van der Waals surface area (Å²) in [6.07, 6.45) is 7.13. The molecule has 0 fully saturated rings. The highest BCUT2D eigenvalue weighted by Gasteiger charge is 2.25. The number of aromatic nitrogens is 2. The van der Waals surface area contributed by atoms with E-state index in [4.69, 9.17) is 4.98 Å². The van der Waals surface area contributed by atoms with Crippen molar-refractivity contribution in [3.8, 4) is 11.3 Å². The van der Waals surface area contributed by atoms with E-state index >= 15 is 0 Å². The van der Waals surface area contributed by atoms with Gasteiger partial charge in [0.15, 0.2) is 0 Å². The first-order valence-corrected chi connectivity index (χ1v) is 12.7. The zero-order valence-electron chi connectivity index (χ0n) is 21.8. The van der Waals surface area contributed by atoms with Gasteiger partial charge in [0.1, 0.15) is 0 Å². The van der Waals surface area contributed by atoms with Crippen molar-refractivity contribution < 1.29 is 9.59 Å². The van der Waals surface area contributed by atoms with Crippen molar-refractivity contribution in [2.75, 3.05) is 30.4 Å². The summed E-state index contributed by atoms with van der Waals surface area (Å²) in [5.41, 5.74) is 5.06. The van der Waals surface area contributed by atoms with Gasteiger partial charge in [-0.2, -0.15) is 0 Å². The van der Waals surface area contributed by atoms with Crippen LogP contribution in [0.2, 0.25) is 0 Å². The molecule has 0 atom stereocenters. The third-order valence-electron chi connectivity index (χ3n) is 6.80. The van der Waals surface area contributed by atoms with Crippen molar-refractivity contribution in [2.24, 2.45) is 0 Å². The molecule has 0 saturated heterocycles. The number of hydrogen-bond acceptors (Lipinski definition) is 6. The molecule has 190 valence electrons. The SMILES string of the molecule is CC(C)N(CCNC(=O)C1=CC=C(Nc2ncc3c(n2)-c2ccccc2N(C)C(=O)C3)CC1)C(C)C. The fraction of sp³-hybridized carbons (Fsp3) is 0.429. The maximum atomic E-state index is 12.6. The van der Waals surface area contributed by atoms with Crippen molar-refractivity contribution in [3.05, 3.63) is 59.4 Å². The summed E-state index contributed by atoms with van der Waals surface area (Å²) in [7, 11) is 1.79. The summed E-state index contributed by atoms with van der Waals surface area (Å²) in [4.78, 5) is 38.5. The van der Waals surface area contributed by atoms with Crippen LogP contribution < -0.4 is 15.5 Å². The third-order valence-corrected chi connectivity index (χ3v) is 6.80. The molecule has 2 aromatic rings. The summed E-state index contributed by atoms with van der Waals surface area (Å²) >= 11 is 0. The van der Waals surface area contributed by atoms with Gasteiger partial charge in [-0.25, -0.2) is 9.97 Å². The fourth-order valence-electron chi connectivity index (χ4n) is 4.81. The molecule has 8 heteroatoms. The Balaban J connectivity index is 1.43. The van der Waals surface area contributed by atoms with Crippen LogP contribution in [0.1, 0.15) is 46.1 Å². The molecule has 2 N–H and O–H groups in total. The maximum absolute atomic E-state index is 12.6. The fourth-order valence-corrected chi connectivity index (χ4v) is 4.81. The van der Waals surface area contributed by atoms with Gasteiger partial charge in [0, 0.05) is 60.8 Å². The van der Waals surface area contributed by atoms with Gasteiger partial charge in [-0.05, 0) is 52.7 Å². The van der Waals surface area contributed by atoms with Crippen molar-refractivity contribution in [1.82, 2.24) is 20.2 Å². The lowest BCUT2D eigenvalue weighted by Crippen LogP contribution is -2.42. The Morgan fingerprint density at radius 2 is 1.86 bits per heavy atom. The van der Waals surface area contributed by atoms with E-state index in [0.29, 0.717) is 37.4 Å². The highest BCUT2D eigenvalue weighted by molar-refractivity contribution is 6.01. The second-order valence-corrected chi connectivity index (χ2v) is 9.90.